The van der Waals surface area contributed by atoms with Crippen molar-refractivity contribution in [3.63, 3.8) is 0 Å². The summed E-state index contributed by atoms with van der Waals surface area (Å²) in [6.07, 6.45) is 0.994. The number of hydrogen-bond acceptors (Lipinski definition) is 5. The van der Waals surface area contributed by atoms with Crippen molar-refractivity contribution < 1.29 is 14.1 Å². The van der Waals surface area contributed by atoms with Crippen LogP contribution in [-0.2, 0) is 0 Å². The van der Waals surface area contributed by atoms with Gasteiger partial charge in [0.15, 0.2) is 0 Å². The molecule has 1 heterocycles. The van der Waals surface area contributed by atoms with Crippen LogP contribution in [0.3, 0.4) is 0 Å². The van der Waals surface area contributed by atoms with E-state index in [2.05, 4.69) is 15.5 Å². The standard InChI is InChI=1S/C11H10FN5O3/c1-5-2-8(7(13)3-6(5)12)15-11(18)10-9(17(19)20)4-14-16-10/h2-4H,13H2,1H3,(H,14,16)(H,15,18). The second-order valence-electron chi connectivity index (χ2n) is 4.02. The Morgan fingerprint density at radius 3 is 2.90 bits per heavy atom. The van der Waals surface area contributed by atoms with E-state index in [1.807, 2.05) is 0 Å². The fourth-order valence-electron chi connectivity index (χ4n) is 1.58. The lowest BCUT2D eigenvalue weighted by atomic mass is 10.1. The largest absolute Gasteiger partial charge is 0.397 e. The summed E-state index contributed by atoms with van der Waals surface area (Å²) in [5.41, 5.74) is 5.19. The van der Waals surface area contributed by atoms with Crippen LogP contribution >= 0.6 is 0 Å². The summed E-state index contributed by atoms with van der Waals surface area (Å²) in [7, 11) is 0. The van der Waals surface area contributed by atoms with E-state index in [9.17, 15) is 19.3 Å². The quantitative estimate of drug-likeness (QED) is 0.446. The third-order valence-corrected chi connectivity index (χ3v) is 2.61. The van der Waals surface area contributed by atoms with Crippen molar-refractivity contribution in [1.82, 2.24) is 10.2 Å². The molecule has 0 unspecified atom stereocenters. The highest BCUT2D eigenvalue weighted by Gasteiger charge is 2.24. The SMILES string of the molecule is Cc1cc(NC(=O)c2n[nH]cc2[N+](=O)[O-])c(N)cc1F. The van der Waals surface area contributed by atoms with Crippen LogP contribution in [0.1, 0.15) is 16.1 Å². The molecule has 0 bridgehead atoms. The number of nitrogen functional groups attached to an aromatic ring is 1. The Hall–Kier alpha value is -2.97. The molecular weight excluding hydrogens is 269 g/mol. The molecule has 0 radical (unpaired) electrons. The molecule has 2 aromatic rings. The number of benzene rings is 1. The smallest absolute Gasteiger partial charge is 0.319 e. The van der Waals surface area contributed by atoms with Crippen LogP contribution in [0.15, 0.2) is 18.3 Å². The first-order valence-corrected chi connectivity index (χ1v) is 5.45. The Morgan fingerprint density at radius 2 is 2.25 bits per heavy atom. The molecule has 0 saturated heterocycles. The van der Waals surface area contributed by atoms with Gasteiger partial charge in [-0.3, -0.25) is 20.0 Å². The number of halogens is 1. The molecule has 0 saturated carbocycles. The Kier molecular flexibility index (Phi) is 3.34. The van der Waals surface area contributed by atoms with Crippen LogP contribution in [0.25, 0.3) is 0 Å². The fourth-order valence-corrected chi connectivity index (χ4v) is 1.58. The number of amides is 1. The summed E-state index contributed by atoms with van der Waals surface area (Å²) in [4.78, 5) is 21.9. The summed E-state index contributed by atoms with van der Waals surface area (Å²) in [5, 5.41) is 18.8. The molecule has 9 heteroatoms. The number of nitrogens with one attached hydrogen (secondary N) is 2. The predicted molar refractivity (Wildman–Crippen MR) is 68.7 cm³/mol. The molecule has 1 amide bonds. The van der Waals surface area contributed by atoms with Crippen LogP contribution in [0, 0.1) is 22.9 Å². The van der Waals surface area contributed by atoms with Gasteiger partial charge in [-0.1, -0.05) is 0 Å². The first kappa shape index (κ1) is 13.5. The highest BCUT2D eigenvalue weighted by Crippen LogP contribution is 2.24. The van der Waals surface area contributed by atoms with E-state index < -0.39 is 22.3 Å². The molecule has 0 aliphatic rings. The van der Waals surface area contributed by atoms with Gasteiger partial charge in [-0.25, -0.2) is 4.39 Å². The van der Waals surface area contributed by atoms with E-state index in [0.717, 1.165) is 12.3 Å². The number of H-pyrrole nitrogens is 1. The molecular formula is C11H10FN5O3. The lowest BCUT2D eigenvalue weighted by molar-refractivity contribution is -0.385. The number of aromatic nitrogens is 2. The van der Waals surface area contributed by atoms with Gasteiger partial charge in [0, 0.05) is 0 Å². The minimum Gasteiger partial charge on any atom is -0.397 e. The zero-order valence-electron chi connectivity index (χ0n) is 10.3. The number of hydrogen-bond donors (Lipinski definition) is 3. The Balaban J connectivity index is 2.30. The molecule has 1 aromatic carbocycles. The van der Waals surface area contributed by atoms with Crippen molar-refractivity contribution in [2.75, 3.05) is 11.1 Å². The second-order valence-corrected chi connectivity index (χ2v) is 4.02. The maximum Gasteiger partial charge on any atom is 0.319 e. The lowest BCUT2D eigenvalue weighted by Crippen LogP contribution is -2.15. The number of carbonyl (C=O) groups is 1. The second kappa shape index (κ2) is 4.96. The summed E-state index contributed by atoms with van der Waals surface area (Å²) >= 11 is 0. The molecule has 4 N–H and O–H groups in total. The average Bonchev–Trinajstić information content (AvgIpc) is 2.85. The van der Waals surface area contributed by atoms with Crippen molar-refractivity contribution >= 4 is 23.0 Å². The van der Waals surface area contributed by atoms with Gasteiger partial charge in [0.2, 0.25) is 5.69 Å². The van der Waals surface area contributed by atoms with Crippen LogP contribution in [0.4, 0.5) is 21.5 Å². The monoisotopic (exact) mass is 279 g/mol. The normalized spacial score (nSPS) is 10.3. The number of aryl methyl sites for hydroxylation is 1. The third-order valence-electron chi connectivity index (χ3n) is 2.61. The first-order chi connectivity index (χ1) is 9.40. The Labute approximate surface area is 111 Å². The highest BCUT2D eigenvalue weighted by molar-refractivity contribution is 6.06. The van der Waals surface area contributed by atoms with Crippen molar-refractivity contribution in [2.24, 2.45) is 0 Å². The van der Waals surface area contributed by atoms with Crippen LogP contribution in [0.5, 0.6) is 0 Å². The number of rotatable bonds is 3. The van der Waals surface area contributed by atoms with E-state index in [0.29, 0.717) is 0 Å². The number of nitrogens with two attached hydrogens (primary N) is 1. The van der Waals surface area contributed by atoms with Gasteiger partial charge in [0.1, 0.15) is 12.0 Å². The maximum atomic E-state index is 13.2. The molecule has 20 heavy (non-hydrogen) atoms. The van der Waals surface area contributed by atoms with E-state index in [-0.39, 0.29) is 22.6 Å². The molecule has 8 nitrogen and oxygen atoms in total. The zero-order chi connectivity index (χ0) is 14.9. The molecule has 0 fully saturated rings. The lowest BCUT2D eigenvalue weighted by Gasteiger charge is -2.08. The molecule has 0 aliphatic carbocycles. The van der Waals surface area contributed by atoms with Gasteiger partial charge in [-0.05, 0) is 24.6 Å². The van der Waals surface area contributed by atoms with Gasteiger partial charge in [0.05, 0.1) is 16.3 Å². The Morgan fingerprint density at radius 1 is 1.55 bits per heavy atom. The van der Waals surface area contributed by atoms with Gasteiger partial charge in [-0.2, -0.15) is 5.10 Å². The van der Waals surface area contributed by atoms with Crippen LogP contribution < -0.4 is 11.1 Å². The number of nitrogens with zero attached hydrogens (tertiary/aromatic N) is 2. The van der Waals surface area contributed by atoms with Crippen molar-refractivity contribution in [3.8, 4) is 0 Å². The molecule has 0 aliphatic heterocycles. The number of anilines is 2. The summed E-state index contributed by atoms with van der Waals surface area (Å²) < 4.78 is 13.2. The molecule has 0 atom stereocenters. The van der Waals surface area contributed by atoms with E-state index in [1.165, 1.54) is 13.0 Å². The van der Waals surface area contributed by atoms with Crippen LogP contribution in [0.2, 0.25) is 0 Å². The summed E-state index contributed by atoms with van der Waals surface area (Å²) in [5.74, 6) is -1.32. The molecule has 2 rings (SSSR count). The zero-order valence-corrected chi connectivity index (χ0v) is 10.3. The molecule has 1 aromatic heterocycles. The van der Waals surface area contributed by atoms with E-state index in [1.54, 1.807) is 0 Å². The number of nitro groups is 1. The van der Waals surface area contributed by atoms with Crippen molar-refractivity contribution in [1.29, 1.82) is 0 Å². The number of aromatic amines is 1. The maximum absolute atomic E-state index is 13.2. The summed E-state index contributed by atoms with van der Waals surface area (Å²) in [6, 6.07) is 2.39. The number of carbonyl (C=O) groups excluding carboxylic acids is 1. The molecule has 0 spiro atoms. The average molecular weight is 279 g/mol. The minimum absolute atomic E-state index is 0.0136. The van der Waals surface area contributed by atoms with Crippen molar-refractivity contribution in [2.45, 2.75) is 6.92 Å². The minimum atomic E-state index is -0.810. The van der Waals surface area contributed by atoms with Crippen molar-refractivity contribution in [3.05, 3.63) is 45.5 Å². The van der Waals surface area contributed by atoms with Crippen LogP contribution in [-0.4, -0.2) is 21.0 Å². The fraction of sp³-hybridized carbons (Fsp3) is 0.0909. The summed E-state index contributed by atoms with van der Waals surface area (Å²) in [6.45, 7) is 1.50. The molecule has 104 valence electrons. The van der Waals surface area contributed by atoms with Gasteiger partial charge in [0.25, 0.3) is 5.91 Å². The Bertz CT molecular complexity index is 697. The predicted octanol–water partition coefficient (Wildman–Crippen LogP) is 1.60. The topological polar surface area (TPSA) is 127 Å². The van der Waals surface area contributed by atoms with E-state index in [4.69, 9.17) is 5.73 Å². The van der Waals surface area contributed by atoms with Gasteiger partial charge >= 0.3 is 5.69 Å². The van der Waals surface area contributed by atoms with Gasteiger partial charge < -0.3 is 11.1 Å². The van der Waals surface area contributed by atoms with Gasteiger partial charge in [-0.15, -0.1) is 0 Å². The third kappa shape index (κ3) is 2.41. The first-order valence-electron chi connectivity index (χ1n) is 5.45. The van der Waals surface area contributed by atoms with E-state index >= 15 is 0 Å². The highest BCUT2D eigenvalue weighted by atomic mass is 19.1.